The Morgan fingerprint density at radius 3 is 3.07 bits per heavy atom. The van der Waals surface area contributed by atoms with E-state index in [9.17, 15) is 0 Å². The van der Waals surface area contributed by atoms with Crippen molar-refractivity contribution in [1.29, 1.82) is 0 Å². The summed E-state index contributed by atoms with van der Waals surface area (Å²) in [7, 11) is 0. The van der Waals surface area contributed by atoms with Gasteiger partial charge in [-0.25, -0.2) is 4.98 Å². The van der Waals surface area contributed by atoms with E-state index in [1.54, 1.807) is 5.41 Å². The van der Waals surface area contributed by atoms with Crippen LogP contribution in [0.4, 0.5) is 0 Å². The quantitative estimate of drug-likeness (QED) is 0.692. The summed E-state index contributed by atoms with van der Waals surface area (Å²) in [5.41, 5.74) is 8.67. The molecule has 1 aromatic rings. The zero-order chi connectivity index (χ0) is 10.1. The first kappa shape index (κ1) is 9.65. The lowest BCUT2D eigenvalue weighted by Crippen LogP contribution is -2.14. The molecule has 2 heterocycles. The molecular formula is C10H15N3S. The van der Waals surface area contributed by atoms with Gasteiger partial charge in [0.15, 0.2) is 0 Å². The van der Waals surface area contributed by atoms with E-state index in [1.807, 2.05) is 6.92 Å². The first-order chi connectivity index (χ1) is 6.74. The largest absolute Gasteiger partial charge is 0.397 e. The molecule has 0 fully saturated rings. The zero-order valence-corrected chi connectivity index (χ0v) is 9.22. The van der Waals surface area contributed by atoms with Crippen LogP contribution in [-0.2, 0) is 13.0 Å². The first-order valence-electron chi connectivity index (χ1n) is 4.90. The van der Waals surface area contributed by atoms with Crippen molar-refractivity contribution in [2.24, 2.45) is 5.73 Å². The highest BCUT2D eigenvalue weighted by atomic mass is 32.1. The van der Waals surface area contributed by atoms with Crippen molar-refractivity contribution < 1.29 is 0 Å². The number of thiol groups is 1. The van der Waals surface area contributed by atoms with Gasteiger partial charge in [0.05, 0.1) is 17.1 Å². The second-order valence-electron chi connectivity index (χ2n) is 3.66. The molecule has 0 saturated heterocycles. The van der Waals surface area contributed by atoms with E-state index in [0.29, 0.717) is 5.70 Å². The Morgan fingerprint density at radius 1 is 1.57 bits per heavy atom. The van der Waals surface area contributed by atoms with Crippen LogP contribution in [0.15, 0.2) is 5.41 Å². The molecule has 0 radical (unpaired) electrons. The van der Waals surface area contributed by atoms with E-state index in [4.69, 9.17) is 5.73 Å². The maximum absolute atomic E-state index is 5.89. The SMILES string of the molecule is Cc1nc2n(c1/C(N)=C/S)CCCC2. The van der Waals surface area contributed by atoms with E-state index in [0.717, 1.165) is 24.4 Å². The van der Waals surface area contributed by atoms with Crippen LogP contribution in [0, 0.1) is 6.92 Å². The molecule has 0 bridgehead atoms. The van der Waals surface area contributed by atoms with Gasteiger partial charge in [0.25, 0.3) is 0 Å². The molecule has 14 heavy (non-hydrogen) atoms. The molecule has 1 aliphatic rings. The second kappa shape index (κ2) is 3.69. The molecule has 4 heteroatoms. The van der Waals surface area contributed by atoms with E-state index in [1.165, 1.54) is 18.7 Å². The summed E-state index contributed by atoms with van der Waals surface area (Å²) in [4.78, 5) is 4.53. The highest BCUT2D eigenvalue weighted by Crippen LogP contribution is 2.22. The van der Waals surface area contributed by atoms with Crippen molar-refractivity contribution >= 4 is 18.3 Å². The highest BCUT2D eigenvalue weighted by molar-refractivity contribution is 7.83. The minimum absolute atomic E-state index is 0.714. The fraction of sp³-hybridized carbons (Fsp3) is 0.500. The maximum atomic E-state index is 5.89. The Kier molecular flexibility index (Phi) is 2.54. The zero-order valence-electron chi connectivity index (χ0n) is 8.32. The summed E-state index contributed by atoms with van der Waals surface area (Å²) < 4.78 is 2.22. The minimum atomic E-state index is 0.714. The van der Waals surface area contributed by atoms with Crippen LogP contribution in [0.3, 0.4) is 0 Å². The first-order valence-corrected chi connectivity index (χ1v) is 5.42. The predicted molar refractivity (Wildman–Crippen MR) is 61.1 cm³/mol. The van der Waals surface area contributed by atoms with Gasteiger partial charge in [0, 0.05) is 13.0 Å². The van der Waals surface area contributed by atoms with E-state index < -0.39 is 0 Å². The van der Waals surface area contributed by atoms with Crippen molar-refractivity contribution in [2.75, 3.05) is 0 Å². The number of rotatable bonds is 1. The average Bonchev–Trinajstić information content (AvgIpc) is 2.53. The fourth-order valence-corrected chi connectivity index (χ4v) is 2.16. The van der Waals surface area contributed by atoms with Crippen molar-refractivity contribution in [3.8, 4) is 0 Å². The minimum Gasteiger partial charge on any atom is -0.397 e. The van der Waals surface area contributed by atoms with Gasteiger partial charge in [-0.3, -0.25) is 0 Å². The van der Waals surface area contributed by atoms with E-state index >= 15 is 0 Å². The Balaban J connectivity index is 2.53. The number of imidazole rings is 1. The molecular weight excluding hydrogens is 194 g/mol. The number of aromatic nitrogens is 2. The molecule has 1 aliphatic heterocycles. The smallest absolute Gasteiger partial charge is 0.109 e. The second-order valence-corrected chi connectivity index (χ2v) is 3.91. The van der Waals surface area contributed by atoms with Gasteiger partial charge in [-0.15, -0.1) is 12.6 Å². The summed E-state index contributed by atoms with van der Waals surface area (Å²) in [5, 5.41) is 1.64. The molecule has 2 N–H and O–H groups in total. The lowest BCUT2D eigenvalue weighted by Gasteiger charge is -2.16. The Bertz CT molecular complexity index is 379. The van der Waals surface area contributed by atoms with Crippen LogP contribution in [0.2, 0.25) is 0 Å². The van der Waals surface area contributed by atoms with Crippen LogP contribution in [0.25, 0.3) is 5.70 Å². The highest BCUT2D eigenvalue weighted by Gasteiger charge is 2.18. The Hall–Kier alpha value is -0.900. The molecule has 0 amide bonds. The summed E-state index contributed by atoms with van der Waals surface area (Å²) in [6.45, 7) is 3.04. The number of nitrogens with two attached hydrogens (primary N) is 1. The lowest BCUT2D eigenvalue weighted by atomic mass is 10.1. The van der Waals surface area contributed by atoms with Crippen LogP contribution >= 0.6 is 12.6 Å². The third-order valence-corrected chi connectivity index (χ3v) is 2.94. The summed E-state index contributed by atoms with van der Waals surface area (Å²) in [5.74, 6) is 1.17. The average molecular weight is 209 g/mol. The van der Waals surface area contributed by atoms with Crippen LogP contribution in [-0.4, -0.2) is 9.55 Å². The molecule has 0 aliphatic carbocycles. The van der Waals surface area contributed by atoms with Gasteiger partial charge in [-0.1, -0.05) is 0 Å². The van der Waals surface area contributed by atoms with Crippen molar-refractivity contribution in [2.45, 2.75) is 32.7 Å². The maximum Gasteiger partial charge on any atom is 0.109 e. The van der Waals surface area contributed by atoms with Crippen molar-refractivity contribution in [1.82, 2.24) is 9.55 Å². The number of nitrogens with zero attached hydrogens (tertiary/aromatic N) is 2. The van der Waals surface area contributed by atoms with E-state index in [2.05, 4.69) is 22.2 Å². The van der Waals surface area contributed by atoms with Gasteiger partial charge in [-0.2, -0.15) is 0 Å². The monoisotopic (exact) mass is 209 g/mol. The topological polar surface area (TPSA) is 43.8 Å². The molecule has 0 unspecified atom stereocenters. The van der Waals surface area contributed by atoms with Crippen LogP contribution in [0.1, 0.15) is 30.1 Å². The number of hydrogen-bond acceptors (Lipinski definition) is 3. The Morgan fingerprint density at radius 2 is 2.36 bits per heavy atom. The molecule has 0 aromatic carbocycles. The molecule has 0 saturated carbocycles. The van der Waals surface area contributed by atoms with Gasteiger partial charge in [-0.05, 0) is 25.2 Å². The van der Waals surface area contributed by atoms with Crippen LogP contribution in [0.5, 0.6) is 0 Å². The molecule has 0 atom stereocenters. The third kappa shape index (κ3) is 1.43. The fourth-order valence-electron chi connectivity index (χ4n) is 2.04. The third-order valence-electron chi connectivity index (χ3n) is 2.67. The molecule has 2 rings (SSSR count). The van der Waals surface area contributed by atoms with Crippen LogP contribution < -0.4 is 5.73 Å². The summed E-state index contributed by atoms with van der Waals surface area (Å²) >= 11 is 4.09. The molecule has 0 spiro atoms. The normalized spacial score (nSPS) is 16.9. The molecule has 3 nitrogen and oxygen atoms in total. The molecule has 76 valence electrons. The van der Waals surface area contributed by atoms with Crippen molar-refractivity contribution in [3.63, 3.8) is 0 Å². The summed E-state index contributed by atoms with van der Waals surface area (Å²) in [6, 6.07) is 0. The number of aryl methyl sites for hydroxylation is 2. The summed E-state index contributed by atoms with van der Waals surface area (Å²) in [6.07, 6.45) is 3.52. The Labute approximate surface area is 89.4 Å². The van der Waals surface area contributed by atoms with Gasteiger partial charge in [0.2, 0.25) is 0 Å². The van der Waals surface area contributed by atoms with Gasteiger partial charge < -0.3 is 10.3 Å². The molecule has 1 aromatic heterocycles. The standard InChI is InChI=1S/C10H15N3S/c1-7-10(8(11)6-14)13-5-3-2-4-9(13)12-7/h6,14H,2-5,11H2,1H3/b8-6-. The number of fused-ring (bicyclic) bond motifs is 1. The number of hydrogen-bond donors (Lipinski definition) is 2. The van der Waals surface area contributed by atoms with Gasteiger partial charge in [0.1, 0.15) is 5.82 Å². The van der Waals surface area contributed by atoms with Crippen molar-refractivity contribution in [3.05, 3.63) is 22.6 Å². The van der Waals surface area contributed by atoms with Gasteiger partial charge >= 0.3 is 0 Å². The lowest BCUT2D eigenvalue weighted by molar-refractivity contribution is 0.519. The predicted octanol–water partition coefficient (Wildman–Crippen LogP) is 1.71. The van der Waals surface area contributed by atoms with E-state index in [-0.39, 0.29) is 0 Å².